The molecular weight excluding hydrogens is 288 g/mol. The van der Waals surface area contributed by atoms with Crippen LogP contribution in [0.4, 0.5) is 0 Å². The maximum Gasteiger partial charge on any atom is 0.224 e. The Labute approximate surface area is 141 Å². The van der Waals surface area contributed by atoms with Gasteiger partial charge >= 0.3 is 0 Å². The van der Waals surface area contributed by atoms with Crippen LogP contribution >= 0.6 is 0 Å². The van der Waals surface area contributed by atoms with Crippen molar-refractivity contribution in [2.45, 2.75) is 46.0 Å². The molecule has 0 aromatic carbocycles. The van der Waals surface area contributed by atoms with Gasteiger partial charge in [0.05, 0.1) is 6.54 Å². The second kappa shape index (κ2) is 11.1. The first-order valence-corrected chi connectivity index (χ1v) is 8.96. The molecule has 1 rings (SSSR count). The van der Waals surface area contributed by atoms with Gasteiger partial charge in [0.15, 0.2) is 5.96 Å². The molecule has 0 aromatic rings. The summed E-state index contributed by atoms with van der Waals surface area (Å²) >= 11 is 0. The molecule has 5 heteroatoms. The quantitative estimate of drug-likeness (QED) is 0.323. The highest BCUT2D eigenvalue weighted by atomic mass is 16.2. The Bertz CT molecular complexity index is 394. The van der Waals surface area contributed by atoms with Crippen LogP contribution in [-0.2, 0) is 4.79 Å². The number of piperidine rings is 1. The van der Waals surface area contributed by atoms with Gasteiger partial charge < -0.3 is 15.1 Å². The Morgan fingerprint density at radius 2 is 2.30 bits per heavy atom. The van der Waals surface area contributed by atoms with Crippen LogP contribution in [0.15, 0.2) is 17.6 Å². The molecule has 1 N–H and O–H groups in total. The summed E-state index contributed by atoms with van der Waals surface area (Å²) in [5.74, 6) is 1.76. The number of allylic oxidation sites excluding steroid dienone is 1. The van der Waals surface area contributed by atoms with E-state index in [0.717, 1.165) is 51.4 Å². The highest BCUT2D eigenvalue weighted by Crippen LogP contribution is 2.16. The Hall–Kier alpha value is -1.52. The summed E-state index contributed by atoms with van der Waals surface area (Å²) in [6.45, 7) is 12.2. The van der Waals surface area contributed by atoms with Gasteiger partial charge in [-0.1, -0.05) is 13.0 Å². The molecule has 1 amide bonds. The number of unbranched alkanes of at least 4 members (excludes halogenated alkanes) is 1. The molecular formula is C18H34N4O. The van der Waals surface area contributed by atoms with Crippen molar-refractivity contribution in [1.82, 2.24) is 15.1 Å². The Morgan fingerprint density at radius 3 is 2.96 bits per heavy atom. The van der Waals surface area contributed by atoms with Gasteiger partial charge in [-0.05, 0) is 38.5 Å². The maximum absolute atomic E-state index is 12.3. The van der Waals surface area contributed by atoms with Gasteiger partial charge in [0.2, 0.25) is 5.91 Å². The minimum atomic E-state index is 0.241. The smallest absolute Gasteiger partial charge is 0.224 e. The van der Waals surface area contributed by atoms with E-state index in [-0.39, 0.29) is 5.91 Å². The third-order valence-electron chi connectivity index (χ3n) is 4.20. The molecule has 0 radical (unpaired) electrons. The van der Waals surface area contributed by atoms with Gasteiger partial charge in [-0.15, -0.1) is 6.58 Å². The number of rotatable bonds is 8. The van der Waals surface area contributed by atoms with Crippen molar-refractivity contribution in [3.8, 4) is 0 Å². The first kappa shape index (κ1) is 19.5. The van der Waals surface area contributed by atoms with Crippen molar-refractivity contribution >= 4 is 11.9 Å². The number of carbonyl (C=O) groups excluding carboxylic acids is 1. The van der Waals surface area contributed by atoms with Crippen molar-refractivity contribution in [1.29, 1.82) is 0 Å². The fourth-order valence-electron chi connectivity index (χ4n) is 2.88. The molecule has 0 aliphatic carbocycles. The van der Waals surface area contributed by atoms with Crippen LogP contribution in [0.3, 0.4) is 0 Å². The Balaban J connectivity index is 2.43. The van der Waals surface area contributed by atoms with E-state index in [4.69, 9.17) is 0 Å². The van der Waals surface area contributed by atoms with Crippen molar-refractivity contribution in [3.05, 3.63) is 12.7 Å². The molecule has 1 fully saturated rings. The molecule has 23 heavy (non-hydrogen) atoms. The summed E-state index contributed by atoms with van der Waals surface area (Å²) in [5.41, 5.74) is 0. The van der Waals surface area contributed by atoms with E-state index >= 15 is 0 Å². The van der Waals surface area contributed by atoms with Crippen LogP contribution in [0.1, 0.15) is 46.0 Å². The zero-order valence-corrected chi connectivity index (χ0v) is 15.2. The summed E-state index contributed by atoms with van der Waals surface area (Å²) < 4.78 is 0. The molecule has 1 aliphatic rings. The lowest BCUT2D eigenvalue weighted by molar-refractivity contribution is -0.132. The largest absolute Gasteiger partial charge is 0.357 e. The first-order chi connectivity index (χ1) is 11.1. The SMILES string of the molecule is C=CCCCN(C)C(=NCCC(=O)N1CCCC(C)C1)NCC. The molecule has 1 heterocycles. The molecule has 0 saturated carbocycles. The lowest BCUT2D eigenvalue weighted by atomic mass is 10.00. The average molecular weight is 322 g/mol. The molecule has 1 unspecified atom stereocenters. The number of nitrogens with zero attached hydrogens (tertiary/aromatic N) is 3. The number of aliphatic imine (C=N–C) groups is 1. The van der Waals surface area contributed by atoms with Crippen LogP contribution in [0.5, 0.6) is 0 Å². The number of amides is 1. The summed E-state index contributed by atoms with van der Waals surface area (Å²) in [6.07, 6.45) is 6.88. The van der Waals surface area contributed by atoms with Gasteiger partial charge in [-0.3, -0.25) is 9.79 Å². The topological polar surface area (TPSA) is 47.9 Å². The summed E-state index contributed by atoms with van der Waals surface area (Å²) in [5, 5.41) is 3.29. The summed E-state index contributed by atoms with van der Waals surface area (Å²) in [4.78, 5) is 21.0. The molecule has 0 bridgehead atoms. The number of nitrogens with one attached hydrogen (secondary N) is 1. The van der Waals surface area contributed by atoms with Gasteiger partial charge in [-0.2, -0.15) is 0 Å². The molecule has 1 saturated heterocycles. The Morgan fingerprint density at radius 1 is 1.52 bits per heavy atom. The van der Waals surface area contributed by atoms with Crippen LogP contribution in [0, 0.1) is 5.92 Å². The van der Waals surface area contributed by atoms with E-state index < -0.39 is 0 Å². The predicted octanol–water partition coefficient (Wildman–Crippen LogP) is 2.50. The van der Waals surface area contributed by atoms with Crippen LogP contribution < -0.4 is 5.32 Å². The van der Waals surface area contributed by atoms with Gasteiger partial charge in [0.25, 0.3) is 0 Å². The van der Waals surface area contributed by atoms with E-state index in [1.54, 1.807) is 0 Å². The van der Waals surface area contributed by atoms with E-state index in [0.29, 0.717) is 18.9 Å². The third kappa shape index (κ3) is 7.53. The minimum absolute atomic E-state index is 0.241. The highest BCUT2D eigenvalue weighted by Gasteiger charge is 2.20. The lowest BCUT2D eigenvalue weighted by Gasteiger charge is -2.31. The van der Waals surface area contributed by atoms with Crippen LogP contribution in [0.25, 0.3) is 0 Å². The molecule has 132 valence electrons. The fourth-order valence-corrected chi connectivity index (χ4v) is 2.88. The molecule has 0 aromatic heterocycles. The second-order valence-electron chi connectivity index (χ2n) is 6.43. The predicted molar refractivity (Wildman–Crippen MR) is 97.6 cm³/mol. The van der Waals surface area contributed by atoms with E-state index in [9.17, 15) is 4.79 Å². The lowest BCUT2D eigenvalue weighted by Crippen LogP contribution is -2.40. The summed E-state index contributed by atoms with van der Waals surface area (Å²) in [6, 6.07) is 0. The number of likely N-dealkylation sites (tertiary alicyclic amines) is 1. The monoisotopic (exact) mass is 322 g/mol. The molecule has 1 atom stereocenters. The van der Waals surface area contributed by atoms with Gasteiger partial charge in [-0.25, -0.2) is 0 Å². The van der Waals surface area contributed by atoms with Crippen molar-refractivity contribution in [2.75, 3.05) is 39.8 Å². The number of carbonyl (C=O) groups is 1. The summed E-state index contributed by atoms with van der Waals surface area (Å²) in [7, 11) is 2.04. The van der Waals surface area contributed by atoms with E-state index in [2.05, 4.69) is 35.6 Å². The third-order valence-corrected chi connectivity index (χ3v) is 4.20. The Kier molecular flexibility index (Phi) is 9.41. The minimum Gasteiger partial charge on any atom is -0.357 e. The molecule has 1 aliphatic heterocycles. The highest BCUT2D eigenvalue weighted by molar-refractivity contribution is 5.80. The second-order valence-corrected chi connectivity index (χ2v) is 6.43. The molecule has 0 spiro atoms. The average Bonchev–Trinajstić information content (AvgIpc) is 2.54. The van der Waals surface area contributed by atoms with Gasteiger partial charge in [0, 0.05) is 39.6 Å². The van der Waals surface area contributed by atoms with E-state index in [1.165, 1.54) is 6.42 Å². The maximum atomic E-state index is 12.3. The number of hydrogen-bond donors (Lipinski definition) is 1. The number of hydrogen-bond acceptors (Lipinski definition) is 2. The van der Waals surface area contributed by atoms with Crippen molar-refractivity contribution in [2.24, 2.45) is 10.9 Å². The first-order valence-electron chi connectivity index (χ1n) is 8.96. The number of guanidine groups is 1. The van der Waals surface area contributed by atoms with Crippen LogP contribution in [0.2, 0.25) is 0 Å². The van der Waals surface area contributed by atoms with Crippen molar-refractivity contribution in [3.63, 3.8) is 0 Å². The molecule has 5 nitrogen and oxygen atoms in total. The zero-order chi connectivity index (χ0) is 17.1. The van der Waals surface area contributed by atoms with Crippen LogP contribution in [-0.4, -0.2) is 61.4 Å². The van der Waals surface area contributed by atoms with Gasteiger partial charge in [0.1, 0.15) is 0 Å². The van der Waals surface area contributed by atoms with E-state index in [1.807, 2.05) is 18.0 Å². The fraction of sp³-hybridized carbons (Fsp3) is 0.778. The standard InChI is InChI=1S/C18H34N4O/c1-5-7-8-13-21(4)18(19-6-2)20-12-11-17(23)22-14-9-10-16(3)15-22/h5,16H,1,6-15H2,2-4H3,(H,19,20). The normalized spacial score (nSPS) is 18.7. The zero-order valence-electron chi connectivity index (χ0n) is 15.2. The van der Waals surface area contributed by atoms with Crippen molar-refractivity contribution < 1.29 is 4.79 Å².